The zero-order valence-corrected chi connectivity index (χ0v) is 15.5. The van der Waals surface area contributed by atoms with Crippen LogP contribution in [0.4, 0.5) is 0 Å². The van der Waals surface area contributed by atoms with Crippen LogP contribution in [0.5, 0.6) is 11.5 Å². The third kappa shape index (κ3) is 3.98. The molecule has 27 heavy (non-hydrogen) atoms. The molecular weight excluding hydrogens is 364 g/mol. The lowest BCUT2D eigenvalue weighted by Crippen LogP contribution is -2.27. The van der Waals surface area contributed by atoms with Crippen LogP contribution in [0.1, 0.15) is 11.1 Å². The molecule has 1 aliphatic heterocycles. The highest BCUT2D eigenvalue weighted by molar-refractivity contribution is 6.32. The largest absolute Gasteiger partial charge is 0.486 e. The molecule has 0 radical (unpaired) electrons. The number of pyridine rings is 1. The number of benzene rings is 2. The fourth-order valence-electron chi connectivity index (χ4n) is 3.20. The quantitative estimate of drug-likeness (QED) is 0.733. The second kappa shape index (κ2) is 7.84. The molecule has 1 N–H and O–H groups in total. The van der Waals surface area contributed by atoms with Crippen molar-refractivity contribution in [1.82, 2.24) is 10.3 Å². The Morgan fingerprint density at radius 1 is 1.15 bits per heavy atom. The van der Waals surface area contributed by atoms with Crippen LogP contribution in [0.15, 0.2) is 48.7 Å². The monoisotopic (exact) mass is 382 g/mol. The van der Waals surface area contributed by atoms with Crippen LogP contribution < -0.4 is 14.8 Å². The van der Waals surface area contributed by atoms with Crippen LogP contribution in [-0.4, -0.2) is 30.6 Å². The molecule has 5 nitrogen and oxygen atoms in total. The van der Waals surface area contributed by atoms with E-state index in [2.05, 4.69) is 10.3 Å². The number of fused-ring (bicyclic) bond motifs is 2. The summed E-state index contributed by atoms with van der Waals surface area (Å²) in [6.45, 7) is 1.54. The van der Waals surface area contributed by atoms with Gasteiger partial charge in [0.15, 0.2) is 11.5 Å². The number of hydrogen-bond acceptors (Lipinski definition) is 4. The first-order valence-electron chi connectivity index (χ1n) is 8.88. The lowest BCUT2D eigenvalue weighted by Gasteiger charge is -2.20. The molecule has 0 saturated carbocycles. The average Bonchev–Trinajstić information content (AvgIpc) is 2.68. The molecule has 1 amide bonds. The summed E-state index contributed by atoms with van der Waals surface area (Å²) >= 11 is 6.25. The number of para-hydroxylation sites is 1. The predicted molar refractivity (Wildman–Crippen MR) is 105 cm³/mol. The molecule has 2 heterocycles. The molecule has 0 bridgehead atoms. The van der Waals surface area contributed by atoms with Crippen LogP contribution in [0.2, 0.25) is 5.02 Å². The van der Waals surface area contributed by atoms with E-state index in [9.17, 15) is 4.79 Å². The Bertz CT molecular complexity index is 985. The lowest BCUT2D eigenvalue weighted by molar-refractivity contribution is -0.120. The van der Waals surface area contributed by atoms with Gasteiger partial charge in [0.05, 0.1) is 17.0 Å². The Hall–Kier alpha value is -2.79. The van der Waals surface area contributed by atoms with Crippen LogP contribution >= 0.6 is 11.6 Å². The molecule has 3 aromatic rings. The van der Waals surface area contributed by atoms with Gasteiger partial charge in [0.25, 0.3) is 0 Å². The van der Waals surface area contributed by atoms with Gasteiger partial charge >= 0.3 is 0 Å². The first-order valence-corrected chi connectivity index (χ1v) is 9.26. The van der Waals surface area contributed by atoms with E-state index < -0.39 is 0 Å². The summed E-state index contributed by atoms with van der Waals surface area (Å²) in [7, 11) is 0. The topological polar surface area (TPSA) is 60.5 Å². The van der Waals surface area contributed by atoms with Gasteiger partial charge in [0, 0.05) is 18.1 Å². The number of hydrogen-bond donors (Lipinski definition) is 1. The van der Waals surface area contributed by atoms with Gasteiger partial charge in [-0.15, -0.1) is 0 Å². The molecular formula is C21H19ClN2O3. The van der Waals surface area contributed by atoms with Crippen molar-refractivity contribution >= 4 is 28.4 Å². The van der Waals surface area contributed by atoms with E-state index in [1.165, 1.54) is 0 Å². The first-order chi connectivity index (χ1) is 13.2. The SMILES string of the molecule is O=C(Cc1cccc2cccnc12)NCCc1cc(Cl)c2c(c1)OCCO2. The second-order valence-corrected chi connectivity index (χ2v) is 6.78. The zero-order chi connectivity index (χ0) is 18.6. The fourth-order valence-corrected chi connectivity index (χ4v) is 3.49. The van der Waals surface area contributed by atoms with Crippen LogP contribution in [0.25, 0.3) is 10.9 Å². The summed E-state index contributed by atoms with van der Waals surface area (Å²) in [4.78, 5) is 16.7. The normalized spacial score (nSPS) is 12.8. The summed E-state index contributed by atoms with van der Waals surface area (Å²) in [5.74, 6) is 1.23. The van der Waals surface area contributed by atoms with Crippen molar-refractivity contribution in [2.75, 3.05) is 19.8 Å². The van der Waals surface area contributed by atoms with Crippen molar-refractivity contribution < 1.29 is 14.3 Å². The Balaban J connectivity index is 1.36. The van der Waals surface area contributed by atoms with Crippen LogP contribution in [-0.2, 0) is 17.6 Å². The summed E-state index contributed by atoms with van der Waals surface area (Å²) < 4.78 is 11.1. The van der Waals surface area contributed by atoms with Crippen molar-refractivity contribution in [2.45, 2.75) is 12.8 Å². The number of ether oxygens (including phenoxy) is 2. The molecule has 0 saturated heterocycles. The van der Waals surface area contributed by atoms with Crippen molar-refractivity contribution in [3.05, 3.63) is 64.8 Å². The van der Waals surface area contributed by atoms with E-state index >= 15 is 0 Å². The third-order valence-corrected chi connectivity index (χ3v) is 4.74. The number of carbonyl (C=O) groups excluding carboxylic acids is 1. The highest BCUT2D eigenvalue weighted by atomic mass is 35.5. The standard InChI is InChI=1S/C21H19ClN2O3/c22-17-11-14(12-18-21(17)27-10-9-26-18)6-8-23-19(25)13-16-4-1-3-15-5-2-7-24-20(15)16/h1-5,7,11-12H,6,8-10,13H2,(H,23,25). The van der Waals surface area contributed by atoms with Gasteiger partial charge in [-0.05, 0) is 35.7 Å². The van der Waals surface area contributed by atoms with Crippen LogP contribution in [0.3, 0.4) is 0 Å². The minimum Gasteiger partial charge on any atom is -0.486 e. The highest BCUT2D eigenvalue weighted by Crippen LogP contribution is 2.38. The number of halogens is 1. The van der Waals surface area contributed by atoms with E-state index in [0.29, 0.717) is 49.1 Å². The van der Waals surface area contributed by atoms with Crippen LogP contribution in [0, 0.1) is 0 Å². The van der Waals surface area contributed by atoms with E-state index in [1.807, 2.05) is 42.5 Å². The highest BCUT2D eigenvalue weighted by Gasteiger charge is 2.16. The van der Waals surface area contributed by atoms with E-state index in [0.717, 1.165) is 22.0 Å². The summed E-state index contributed by atoms with van der Waals surface area (Å²) in [5, 5.41) is 4.54. The summed E-state index contributed by atoms with van der Waals surface area (Å²) in [6.07, 6.45) is 2.71. The van der Waals surface area contributed by atoms with Crippen molar-refractivity contribution in [3.63, 3.8) is 0 Å². The van der Waals surface area contributed by atoms with Crippen molar-refractivity contribution in [1.29, 1.82) is 0 Å². The molecule has 0 atom stereocenters. The first kappa shape index (κ1) is 17.6. The van der Waals surface area contributed by atoms with Crippen molar-refractivity contribution in [3.8, 4) is 11.5 Å². The number of aromatic nitrogens is 1. The maximum atomic E-state index is 12.3. The third-order valence-electron chi connectivity index (χ3n) is 4.46. The smallest absolute Gasteiger partial charge is 0.224 e. The summed E-state index contributed by atoms with van der Waals surface area (Å²) in [5.41, 5.74) is 2.79. The molecule has 0 fully saturated rings. The lowest BCUT2D eigenvalue weighted by atomic mass is 10.1. The van der Waals surface area contributed by atoms with Gasteiger partial charge in [-0.1, -0.05) is 35.9 Å². The number of carbonyl (C=O) groups is 1. The fraction of sp³-hybridized carbons (Fsp3) is 0.238. The van der Waals surface area contributed by atoms with Gasteiger partial charge in [-0.25, -0.2) is 0 Å². The Kier molecular flexibility index (Phi) is 5.12. The molecule has 0 aliphatic carbocycles. The molecule has 4 rings (SSSR count). The van der Waals surface area contributed by atoms with Gasteiger partial charge in [0.1, 0.15) is 13.2 Å². The molecule has 0 unspecified atom stereocenters. The van der Waals surface area contributed by atoms with E-state index in [1.54, 1.807) is 6.20 Å². The number of rotatable bonds is 5. The molecule has 1 aliphatic rings. The molecule has 6 heteroatoms. The maximum Gasteiger partial charge on any atom is 0.224 e. The summed E-state index contributed by atoms with van der Waals surface area (Å²) in [6, 6.07) is 13.5. The maximum absolute atomic E-state index is 12.3. The molecule has 0 spiro atoms. The average molecular weight is 383 g/mol. The minimum atomic E-state index is -0.0307. The molecule has 1 aromatic heterocycles. The van der Waals surface area contributed by atoms with E-state index in [4.69, 9.17) is 21.1 Å². The number of nitrogens with one attached hydrogen (secondary N) is 1. The second-order valence-electron chi connectivity index (χ2n) is 6.37. The van der Waals surface area contributed by atoms with Gasteiger partial charge < -0.3 is 14.8 Å². The zero-order valence-electron chi connectivity index (χ0n) is 14.7. The van der Waals surface area contributed by atoms with Crippen molar-refractivity contribution in [2.24, 2.45) is 0 Å². The Morgan fingerprint density at radius 3 is 2.93 bits per heavy atom. The number of amides is 1. The van der Waals surface area contributed by atoms with Gasteiger partial charge in [0.2, 0.25) is 5.91 Å². The van der Waals surface area contributed by atoms with Gasteiger partial charge in [-0.3, -0.25) is 9.78 Å². The van der Waals surface area contributed by atoms with E-state index in [-0.39, 0.29) is 5.91 Å². The Labute approximate surface area is 162 Å². The number of nitrogens with zero attached hydrogens (tertiary/aromatic N) is 1. The Morgan fingerprint density at radius 2 is 2.00 bits per heavy atom. The predicted octanol–water partition coefficient (Wildman–Crippen LogP) is 3.56. The molecule has 2 aromatic carbocycles. The molecule has 138 valence electrons. The minimum absolute atomic E-state index is 0.0307. The van der Waals surface area contributed by atoms with Gasteiger partial charge in [-0.2, -0.15) is 0 Å².